The molecule has 4 unspecified atom stereocenters. The minimum Gasteiger partial charge on any atom is -0.327 e. The Bertz CT molecular complexity index is 420. The number of nitrogens with two attached hydrogens (primary N) is 1. The second-order valence-electron chi connectivity index (χ2n) is 5.91. The third-order valence-electron chi connectivity index (χ3n) is 4.40. The molecule has 0 aliphatic heterocycles. The summed E-state index contributed by atoms with van der Waals surface area (Å²) < 4.78 is 12.5. The van der Waals surface area contributed by atoms with E-state index in [9.17, 15) is 4.21 Å². The monoisotopic (exact) mass is 293 g/mol. The van der Waals surface area contributed by atoms with Gasteiger partial charge in [0, 0.05) is 22.6 Å². The van der Waals surface area contributed by atoms with Crippen LogP contribution >= 0.6 is 0 Å². The van der Waals surface area contributed by atoms with Crippen molar-refractivity contribution in [1.29, 1.82) is 0 Å². The zero-order valence-electron chi connectivity index (χ0n) is 12.5. The highest BCUT2D eigenvalue weighted by Gasteiger charge is 2.32. The van der Waals surface area contributed by atoms with Crippen molar-refractivity contribution in [3.8, 4) is 0 Å². The van der Waals surface area contributed by atoms with E-state index in [4.69, 9.17) is 5.73 Å². The van der Waals surface area contributed by atoms with E-state index in [1.54, 1.807) is 0 Å². The molecule has 1 aromatic rings. The molecule has 1 aliphatic rings. The molecule has 0 bridgehead atoms. The largest absolute Gasteiger partial charge is 0.327 e. The molecule has 3 heteroatoms. The zero-order valence-corrected chi connectivity index (χ0v) is 13.3. The fraction of sp³-hybridized carbons (Fsp3) is 0.647. The first-order valence-electron chi connectivity index (χ1n) is 7.90. The van der Waals surface area contributed by atoms with Crippen LogP contribution in [-0.4, -0.2) is 21.3 Å². The van der Waals surface area contributed by atoms with Gasteiger partial charge in [-0.3, -0.25) is 4.21 Å². The summed E-state index contributed by atoms with van der Waals surface area (Å²) in [7, 11) is -0.758. The highest BCUT2D eigenvalue weighted by atomic mass is 32.2. The summed E-state index contributed by atoms with van der Waals surface area (Å²) in [6, 6.07) is 10.8. The van der Waals surface area contributed by atoms with Gasteiger partial charge in [0.1, 0.15) is 0 Å². The Morgan fingerprint density at radius 3 is 2.65 bits per heavy atom. The molecular formula is C17H27NOS. The molecule has 2 rings (SSSR count). The van der Waals surface area contributed by atoms with E-state index in [0.29, 0.717) is 5.92 Å². The van der Waals surface area contributed by atoms with Gasteiger partial charge in [-0.1, -0.05) is 50.1 Å². The van der Waals surface area contributed by atoms with Crippen molar-refractivity contribution in [3.05, 3.63) is 35.9 Å². The van der Waals surface area contributed by atoms with E-state index >= 15 is 0 Å². The number of benzene rings is 1. The van der Waals surface area contributed by atoms with Gasteiger partial charge in [-0.25, -0.2) is 0 Å². The lowest BCUT2D eigenvalue weighted by Gasteiger charge is -2.33. The summed E-state index contributed by atoms with van der Waals surface area (Å²) in [6.07, 6.45) is 6.56. The third-order valence-corrected chi connectivity index (χ3v) is 6.31. The molecule has 1 saturated carbocycles. The van der Waals surface area contributed by atoms with Crippen LogP contribution in [0, 0.1) is 0 Å². The predicted molar refractivity (Wildman–Crippen MR) is 87.3 cm³/mol. The lowest BCUT2D eigenvalue weighted by atomic mass is 9.82. The van der Waals surface area contributed by atoms with Crippen LogP contribution in [0.5, 0.6) is 0 Å². The Morgan fingerprint density at radius 1 is 1.20 bits per heavy atom. The van der Waals surface area contributed by atoms with E-state index in [1.165, 1.54) is 18.4 Å². The third kappa shape index (κ3) is 4.16. The molecule has 112 valence electrons. The summed E-state index contributed by atoms with van der Waals surface area (Å²) in [5.41, 5.74) is 7.62. The number of unbranched alkanes of at least 4 members (excludes halogenated alkanes) is 2. The molecule has 4 atom stereocenters. The summed E-state index contributed by atoms with van der Waals surface area (Å²) in [6.45, 7) is 2.18. The maximum atomic E-state index is 12.5. The normalized spacial score (nSPS) is 28.2. The van der Waals surface area contributed by atoms with E-state index in [2.05, 4.69) is 37.3 Å². The second kappa shape index (κ2) is 7.94. The lowest BCUT2D eigenvalue weighted by Crippen LogP contribution is -2.43. The Morgan fingerprint density at radius 2 is 1.95 bits per heavy atom. The fourth-order valence-corrected chi connectivity index (χ4v) is 4.89. The van der Waals surface area contributed by atoms with Gasteiger partial charge in [0.2, 0.25) is 0 Å². The van der Waals surface area contributed by atoms with Gasteiger partial charge in [0.25, 0.3) is 0 Å². The Kier molecular flexibility index (Phi) is 6.24. The molecule has 1 aromatic carbocycles. The van der Waals surface area contributed by atoms with Crippen LogP contribution in [0.4, 0.5) is 0 Å². The molecule has 20 heavy (non-hydrogen) atoms. The first kappa shape index (κ1) is 15.7. The number of hydrogen-bond donors (Lipinski definition) is 1. The van der Waals surface area contributed by atoms with Crippen molar-refractivity contribution >= 4 is 10.8 Å². The molecule has 0 heterocycles. The maximum absolute atomic E-state index is 12.5. The molecule has 0 saturated heterocycles. The Balaban J connectivity index is 1.96. The first-order chi connectivity index (χ1) is 9.72. The van der Waals surface area contributed by atoms with Gasteiger partial charge in [0.05, 0.1) is 5.25 Å². The molecule has 0 amide bonds. The van der Waals surface area contributed by atoms with Gasteiger partial charge in [-0.2, -0.15) is 0 Å². The van der Waals surface area contributed by atoms with Crippen molar-refractivity contribution in [3.63, 3.8) is 0 Å². The lowest BCUT2D eigenvalue weighted by molar-refractivity contribution is 0.400. The minimum absolute atomic E-state index is 0.123. The molecule has 0 radical (unpaired) electrons. The van der Waals surface area contributed by atoms with Gasteiger partial charge in [-0.05, 0) is 37.2 Å². The molecule has 2 N–H and O–H groups in total. The highest BCUT2D eigenvalue weighted by molar-refractivity contribution is 7.85. The highest BCUT2D eigenvalue weighted by Crippen LogP contribution is 2.34. The van der Waals surface area contributed by atoms with Gasteiger partial charge < -0.3 is 5.73 Å². The van der Waals surface area contributed by atoms with Crippen molar-refractivity contribution in [2.24, 2.45) is 5.73 Å². The van der Waals surface area contributed by atoms with Crippen LogP contribution in [0.2, 0.25) is 0 Å². The van der Waals surface area contributed by atoms with Crippen molar-refractivity contribution in [2.45, 2.75) is 62.7 Å². The minimum atomic E-state index is -0.758. The fourth-order valence-electron chi connectivity index (χ4n) is 3.13. The molecular weight excluding hydrogens is 266 g/mol. The summed E-state index contributed by atoms with van der Waals surface area (Å²) in [4.78, 5) is 0. The maximum Gasteiger partial charge on any atom is 0.0504 e. The number of hydrogen-bond acceptors (Lipinski definition) is 2. The Labute approximate surface area is 125 Å². The standard InChI is InChI=1S/C17H27NOS/c1-2-3-7-12-20(19)17-13-15(10-11-16(17)18)14-8-5-4-6-9-14/h4-6,8-9,15-17H,2-3,7,10-13,18H2,1H3. The van der Waals surface area contributed by atoms with Crippen LogP contribution in [0.25, 0.3) is 0 Å². The van der Waals surface area contributed by atoms with Crippen LogP contribution in [-0.2, 0) is 10.8 Å². The molecule has 1 aliphatic carbocycles. The van der Waals surface area contributed by atoms with Gasteiger partial charge >= 0.3 is 0 Å². The summed E-state index contributed by atoms with van der Waals surface area (Å²) in [5.74, 6) is 1.37. The van der Waals surface area contributed by atoms with Crippen LogP contribution < -0.4 is 5.73 Å². The smallest absolute Gasteiger partial charge is 0.0504 e. The quantitative estimate of drug-likeness (QED) is 0.815. The van der Waals surface area contributed by atoms with Gasteiger partial charge in [0.15, 0.2) is 0 Å². The Hall–Kier alpha value is -0.670. The van der Waals surface area contributed by atoms with E-state index in [1.807, 2.05) is 0 Å². The average Bonchev–Trinajstić information content (AvgIpc) is 2.49. The zero-order chi connectivity index (χ0) is 14.4. The molecule has 1 fully saturated rings. The van der Waals surface area contributed by atoms with E-state index < -0.39 is 10.8 Å². The summed E-state index contributed by atoms with van der Waals surface area (Å²) >= 11 is 0. The second-order valence-corrected chi connectivity index (χ2v) is 7.69. The van der Waals surface area contributed by atoms with E-state index in [0.717, 1.165) is 31.4 Å². The molecule has 0 aromatic heterocycles. The van der Waals surface area contributed by atoms with Gasteiger partial charge in [-0.15, -0.1) is 0 Å². The number of rotatable bonds is 6. The average molecular weight is 293 g/mol. The molecule has 0 spiro atoms. The summed E-state index contributed by atoms with van der Waals surface area (Å²) in [5, 5.41) is 0.186. The van der Waals surface area contributed by atoms with Crippen molar-refractivity contribution in [1.82, 2.24) is 0 Å². The SMILES string of the molecule is CCCCCS(=O)C1CC(c2ccccc2)CCC1N. The van der Waals surface area contributed by atoms with Crippen LogP contribution in [0.1, 0.15) is 56.9 Å². The van der Waals surface area contributed by atoms with Crippen molar-refractivity contribution in [2.75, 3.05) is 5.75 Å². The molecule has 2 nitrogen and oxygen atoms in total. The topological polar surface area (TPSA) is 43.1 Å². The van der Waals surface area contributed by atoms with Crippen LogP contribution in [0.3, 0.4) is 0 Å². The van der Waals surface area contributed by atoms with Crippen molar-refractivity contribution < 1.29 is 4.21 Å². The van der Waals surface area contributed by atoms with Crippen LogP contribution in [0.15, 0.2) is 30.3 Å². The first-order valence-corrected chi connectivity index (χ1v) is 9.28. The van der Waals surface area contributed by atoms with E-state index in [-0.39, 0.29) is 11.3 Å². The predicted octanol–water partition coefficient (Wildman–Crippen LogP) is 3.59.